The Morgan fingerprint density at radius 1 is 1.14 bits per heavy atom. The summed E-state index contributed by atoms with van der Waals surface area (Å²) in [4.78, 5) is 14.7. The van der Waals surface area contributed by atoms with Crippen LogP contribution >= 0.6 is 12.4 Å². The predicted molar refractivity (Wildman–Crippen MR) is 108 cm³/mol. The number of benzene rings is 1. The zero-order valence-corrected chi connectivity index (χ0v) is 17.8. The second-order valence-corrected chi connectivity index (χ2v) is 8.65. The normalized spacial score (nSPS) is 15.8. The number of carbonyl (C=O) groups excluding carboxylic acids is 1. The number of carbonyl (C=O) groups is 1. The first kappa shape index (κ1) is 22.2. The molecule has 0 unspecified atom stereocenters. The zero-order valence-electron chi connectivity index (χ0n) is 16.1. The Bertz CT molecular complexity index is 954. The topological polar surface area (TPSA) is 110 Å². The molecule has 3 rings (SSSR count). The number of amides is 1. The van der Waals surface area contributed by atoms with Gasteiger partial charge in [-0.15, -0.1) is 12.4 Å². The Balaban J connectivity index is 0.00000280. The molecule has 2 aromatic rings. The molecule has 0 saturated carbocycles. The molecule has 0 aliphatic carbocycles. The quantitative estimate of drug-likeness (QED) is 0.750. The molecular weight excluding hydrogens is 404 g/mol. The van der Waals surface area contributed by atoms with Gasteiger partial charge in [-0.2, -0.15) is 4.31 Å². The Morgan fingerprint density at radius 2 is 1.86 bits per heavy atom. The molecule has 0 spiro atoms. The molecule has 0 atom stereocenters. The Kier molecular flexibility index (Phi) is 6.74. The van der Waals surface area contributed by atoms with Crippen LogP contribution in [-0.2, 0) is 10.0 Å². The van der Waals surface area contributed by atoms with Crippen LogP contribution in [0.5, 0.6) is 0 Å². The molecule has 154 valence electrons. The number of hydrogen-bond acceptors (Lipinski definition) is 6. The maximum Gasteiger partial charge on any atom is 0.254 e. The highest BCUT2D eigenvalue weighted by atomic mass is 35.5. The molecule has 0 radical (unpaired) electrons. The van der Waals surface area contributed by atoms with Gasteiger partial charge in [0.1, 0.15) is 10.6 Å². The molecule has 1 aliphatic rings. The average molecular weight is 429 g/mol. The van der Waals surface area contributed by atoms with Crippen LogP contribution in [0.1, 0.15) is 33.8 Å². The molecule has 28 heavy (non-hydrogen) atoms. The molecule has 1 aliphatic heterocycles. The van der Waals surface area contributed by atoms with Crippen molar-refractivity contribution in [3.8, 4) is 0 Å². The smallest absolute Gasteiger partial charge is 0.254 e. The van der Waals surface area contributed by atoms with Crippen molar-refractivity contribution in [2.45, 2.75) is 32.1 Å². The molecule has 8 nitrogen and oxygen atoms in total. The number of sulfonamides is 1. The van der Waals surface area contributed by atoms with Crippen LogP contribution in [0.4, 0.5) is 5.69 Å². The van der Waals surface area contributed by atoms with Gasteiger partial charge in [-0.3, -0.25) is 4.79 Å². The maximum atomic E-state index is 13.0. The minimum atomic E-state index is -3.71. The highest BCUT2D eigenvalue weighted by Crippen LogP contribution is 2.25. The van der Waals surface area contributed by atoms with Gasteiger partial charge in [0.05, 0.1) is 0 Å². The molecule has 1 saturated heterocycles. The summed E-state index contributed by atoms with van der Waals surface area (Å²) < 4.78 is 32.4. The average Bonchev–Trinajstić information content (AvgIpc) is 2.83. The van der Waals surface area contributed by atoms with E-state index in [2.05, 4.69) is 5.16 Å². The molecule has 1 aromatic heterocycles. The third-order valence-corrected chi connectivity index (χ3v) is 6.94. The van der Waals surface area contributed by atoms with Crippen molar-refractivity contribution in [2.24, 2.45) is 0 Å². The minimum absolute atomic E-state index is 0. The number of nitrogens with two attached hydrogens (primary N) is 1. The van der Waals surface area contributed by atoms with Crippen molar-refractivity contribution in [1.29, 1.82) is 0 Å². The van der Waals surface area contributed by atoms with Crippen LogP contribution in [0.15, 0.2) is 27.6 Å². The first-order valence-electron chi connectivity index (χ1n) is 8.80. The van der Waals surface area contributed by atoms with Crippen LogP contribution in [-0.4, -0.2) is 54.9 Å². The van der Waals surface area contributed by atoms with E-state index >= 15 is 0 Å². The van der Waals surface area contributed by atoms with Gasteiger partial charge in [0.25, 0.3) is 5.91 Å². The zero-order chi connectivity index (χ0) is 19.8. The van der Waals surface area contributed by atoms with E-state index < -0.39 is 10.0 Å². The van der Waals surface area contributed by atoms with Gasteiger partial charge in [-0.25, -0.2) is 8.42 Å². The lowest BCUT2D eigenvalue weighted by Crippen LogP contribution is -2.37. The van der Waals surface area contributed by atoms with Crippen molar-refractivity contribution in [3.63, 3.8) is 0 Å². The third-order valence-electron chi connectivity index (χ3n) is 4.80. The van der Waals surface area contributed by atoms with Gasteiger partial charge in [-0.05, 0) is 44.9 Å². The van der Waals surface area contributed by atoms with E-state index in [1.165, 1.54) is 4.31 Å². The highest BCUT2D eigenvalue weighted by Gasteiger charge is 2.33. The van der Waals surface area contributed by atoms with Crippen molar-refractivity contribution in [3.05, 3.63) is 40.8 Å². The van der Waals surface area contributed by atoms with E-state index in [4.69, 9.17) is 10.3 Å². The van der Waals surface area contributed by atoms with Crippen molar-refractivity contribution in [2.75, 3.05) is 31.9 Å². The third kappa shape index (κ3) is 4.16. The van der Waals surface area contributed by atoms with E-state index in [0.717, 1.165) is 5.56 Å². The largest absolute Gasteiger partial charge is 0.399 e. The summed E-state index contributed by atoms with van der Waals surface area (Å²) in [5.41, 5.74) is 8.09. The lowest BCUT2D eigenvalue weighted by atomic mass is 10.1. The monoisotopic (exact) mass is 428 g/mol. The molecule has 10 heteroatoms. The van der Waals surface area contributed by atoms with Crippen LogP contribution in [0.25, 0.3) is 0 Å². The second kappa shape index (κ2) is 8.50. The number of nitrogen functional groups attached to an aromatic ring is 1. The van der Waals surface area contributed by atoms with E-state index in [1.54, 1.807) is 30.9 Å². The maximum absolute atomic E-state index is 13.0. The van der Waals surface area contributed by atoms with E-state index in [1.807, 2.05) is 13.0 Å². The van der Waals surface area contributed by atoms with Crippen molar-refractivity contribution < 1.29 is 17.7 Å². The first-order valence-corrected chi connectivity index (χ1v) is 10.2. The Labute approximate surface area is 171 Å². The lowest BCUT2D eigenvalue weighted by molar-refractivity contribution is 0.0763. The standard InChI is InChI=1S/C18H24N4O4S.ClH/c1-12-5-6-15(19)11-16(12)18(23)21-7-4-8-22(10-9-21)27(24,25)17-13(2)20-26-14(17)3;/h5-6,11H,4,7-10,19H2,1-3H3;1H. The number of anilines is 1. The molecule has 1 amide bonds. The van der Waals surface area contributed by atoms with Crippen LogP contribution in [0, 0.1) is 20.8 Å². The Hall–Kier alpha value is -2.10. The predicted octanol–water partition coefficient (Wildman–Crippen LogP) is 2.14. The molecule has 2 heterocycles. The molecule has 2 N–H and O–H groups in total. The van der Waals surface area contributed by atoms with Gasteiger partial charge in [0.2, 0.25) is 10.0 Å². The summed E-state index contributed by atoms with van der Waals surface area (Å²) in [6.07, 6.45) is 0.551. The van der Waals surface area contributed by atoms with Gasteiger partial charge >= 0.3 is 0 Å². The van der Waals surface area contributed by atoms with Crippen LogP contribution < -0.4 is 5.73 Å². The number of hydrogen-bond donors (Lipinski definition) is 1. The number of aromatic nitrogens is 1. The number of nitrogens with zero attached hydrogens (tertiary/aromatic N) is 3. The summed E-state index contributed by atoms with van der Waals surface area (Å²) in [6.45, 7) is 6.42. The van der Waals surface area contributed by atoms with Gasteiger partial charge in [-0.1, -0.05) is 11.2 Å². The SMILES string of the molecule is Cc1ccc(N)cc1C(=O)N1CCCN(S(=O)(=O)c2c(C)noc2C)CC1.Cl. The van der Waals surface area contributed by atoms with Gasteiger partial charge in [0, 0.05) is 37.4 Å². The minimum Gasteiger partial charge on any atom is -0.399 e. The van der Waals surface area contributed by atoms with Gasteiger partial charge in [0.15, 0.2) is 5.76 Å². The number of halogens is 1. The Morgan fingerprint density at radius 3 is 2.50 bits per heavy atom. The van der Waals surface area contributed by atoms with Crippen LogP contribution in [0.3, 0.4) is 0 Å². The van der Waals surface area contributed by atoms with Crippen molar-refractivity contribution in [1.82, 2.24) is 14.4 Å². The van der Waals surface area contributed by atoms with Gasteiger partial charge < -0.3 is 15.2 Å². The lowest BCUT2D eigenvalue weighted by Gasteiger charge is -2.22. The molecular formula is C18H25ClN4O4S. The molecule has 1 aromatic carbocycles. The summed E-state index contributed by atoms with van der Waals surface area (Å²) in [5.74, 6) is 0.149. The summed E-state index contributed by atoms with van der Waals surface area (Å²) in [5, 5.41) is 3.74. The first-order chi connectivity index (χ1) is 12.7. The summed E-state index contributed by atoms with van der Waals surface area (Å²) in [6, 6.07) is 5.24. The number of aryl methyl sites for hydroxylation is 3. The van der Waals surface area contributed by atoms with E-state index in [0.29, 0.717) is 43.0 Å². The summed E-state index contributed by atoms with van der Waals surface area (Å²) in [7, 11) is -3.71. The van der Waals surface area contributed by atoms with E-state index in [-0.39, 0.29) is 35.5 Å². The fraction of sp³-hybridized carbons (Fsp3) is 0.444. The highest BCUT2D eigenvalue weighted by molar-refractivity contribution is 7.89. The van der Waals surface area contributed by atoms with Crippen molar-refractivity contribution >= 4 is 34.0 Å². The summed E-state index contributed by atoms with van der Waals surface area (Å²) >= 11 is 0. The van der Waals surface area contributed by atoms with E-state index in [9.17, 15) is 13.2 Å². The molecule has 0 bridgehead atoms. The molecule has 1 fully saturated rings. The number of rotatable bonds is 3. The fourth-order valence-corrected chi connectivity index (χ4v) is 5.11. The van der Waals surface area contributed by atoms with Crippen LogP contribution in [0.2, 0.25) is 0 Å². The second-order valence-electron chi connectivity index (χ2n) is 6.78. The fourth-order valence-electron chi connectivity index (χ4n) is 3.35.